The molecule has 0 saturated heterocycles. The highest BCUT2D eigenvalue weighted by atomic mass is 35.5. The molecule has 1 rings (SSSR count). The Balaban J connectivity index is 2.06. The second kappa shape index (κ2) is 5.79. The third kappa shape index (κ3) is 3.30. The molecule has 0 heterocycles. The lowest BCUT2D eigenvalue weighted by Gasteiger charge is -2.29. The van der Waals surface area contributed by atoms with E-state index in [0.29, 0.717) is 6.04 Å². The van der Waals surface area contributed by atoms with Crippen molar-refractivity contribution in [1.82, 2.24) is 5.43 Å². The molecule has 0 aromatic heterocycles. The first-order chi connectivity index (χ1) is 5.86. The van der Waals surface area contributed by atoms with Gasteiger partial charge in [-0.3, -0.25) is 11.3 Å². The molecule has 0 radical (unpaired) electrons. The second-order valence-electron chi connectivity index (χ2n) is 3.73. The number of alkyl halides is 1. The summed E-state index contributed by atoms with van der Waals surface area (Å²) in [6.07, 6.45) is 7.66. The lowest BCUT2D eigenvalue weighted by molar-refractivity contribution is 0.254. The third-order valence-corrected chi connectivity index (χ3v) is 3.03. The normalized spacial score (nSPS) is 20.5. The quantitative estimate of drug-likeness (QED) is 0.382. The Morgan fingerprint density at radius 2 is 2.25 bits per heavy atom. The molecule has 1 aliphatic rings. The number of nitrogens with two attached hydrogens (primary N) is 1. The highest BCUT2D eigenvalue weighted by molar-refractivity contribution is 6.17. The Kier molecular flexibility index (Phi) is 4.96. The van der Waals surface area contributed by atoms with Crippen LogP contribution >= 0.6 is 11.6 Å². The van der Waals surface area contributed by atoms with Crippen LogP contribution in [0.4, 0.5) is 0 Å². The predicted molar refractivity (Wildman–Crippen MR) is 53.0 cm³/mol. The minimum Gasteiger partial charge on any atom is -0.271 e. The molecule has 0 aromatic rings. The number of halogens is 1. The standard InChI is InChI=1S/C9H19ClN2/c10-6-2-5-9(12-11)7-8-3-1-4-8/h8-9,12H,1-7,11H2. The van der Waals surface area contributed by atoms with Crippen LogP contribution in [-0.2, 0) is 0 Å². The lowest BCUT2D eigenvalue weighted by Crippen LogP contribution is -2.37. The van der Waals surface area contributed by atoms with Crippen molar-refractivity contribution in [2.75, 3.05) is 5.88 Å². The number of hydrazine groups is 1. The molecular formula is C9H19ClN2. The average molecular weight is 191 g/mol. The first-order valence-electron chi connectivity index (χ1n) is 4.89. The van der Waals surface area contributed by atoms with Crippen LogP contribution in [0.5, 0.6) is 0 Å². The molecule has 0 aromatic carbocycles. The zero-order valence-corrected chi connectivity index (χ0v) is 8.32. The highest BCUT2D eigenvalue weighted by Gasteiger charge is 2.20. The van der Waals surface area contributed by atoms with Gasteiger partial charge >= 0.3 is 0 Å². The summed E-state index contributed by atoms with van der Waals surface area (Å²) in [6, 6.07) is 0.494. The summed E-state index contributed by atoms with van der Waals surface area (Å²) < 4.78 is 0. The van der Waals surface area contributed by atoms with E-state index >= 15 is 0 Å². The number of hydrogen-bond acceptors (Lipinski definition) is 2. The van der Waals surface area contributed by atoms with Crippen LogP contribution in [0.1, 0.15) is 38.5 Å². The van der Waals surface area contributed by atoms with Gasteiger partial charge in [-0.05, 0) is 25.2 Å². The largest absolute Gasteiger partial charge is 0.271 e. The molecule has 1 aliphatic carbocycles. The van der Waals surface area contributed by atoms with Crippen molar-refractivity contribution in [3.05, 3.63) is 0 Å². The first kappa shape index (κ1) is 10.3. The molecule has 0 bridgehead atoms. The first-order valence-corrected chi connectivity index (χ1v) is 5.42. The van der Waals surface area contributed by atoms with Gasteiger partial charge < -0.3 is 0 Å². The molecule has 12 heavy (non-hydrogen) atoms. The molecule has 0 spiro atoms. The summed E-state index contributed by atoms with van der Waals surface area (Å²) in [6.45, 7) is 0. The summed E-state index contributed by atoms with van der Waals surface area (Å²) in [5.41, 5.74) is 2.88. The van der Waals surface area contributed by atoms with Crippen molar-refractivity contribution in [2.45, 2.75) is 44.6 Å². The molecule has 3 heteroatoms. The van der Waals surface area contributed by atoms with Gasteiger partial charge in [-0.2, -0.15) is 0 Å². The van der Waals surface area contributed by atoms with Crippen molar-refractivity contribution in [3.63, 3.8) is 0 Å². The van der Waals surface area contributed by atoms with Crippen molar-refractivity contribution in [3.8, 4) is 0 Å². The topological polar surface area (TPSA) is 38.0 Å². The molecule has 2 nitrogen and oxygen atoms in total. The zero-order valence-electron chi connectivity index (χ0n) is 7.56. The molecular weight excluding hydrogens is 172 g/mol. The maximum atomic E-state index is 5.62. The highest BCUT2D eigenvalue weighted by Crippen LogP contribution is 2.31. The molecule has 1 unspecified atom stereocenters. The van der Waals surface area contributed by atoms with Crippen molar-refractivity contribution >= 4 is 11.6 Å². The van der Waals surface area contributed by atoms with E-state index in [1.54, 1.807) is 0 Å². The molecule has 0 aliphatic heterocycles. The lowest BCUT2D eigenvalue weighted by atomic mass is 9.80. The van der Waals surface area contributed by atoms with E-state index in [4.69, 9.17) is 17.4 Å². The SMILES string of the molecule is NNC(CCCCl)CC1CCC1. The smallest absolute Gasteiger partial charge is 0.0224 e. The van der Waals surface area contributed by atoms with Gasteiger partial charge in [0.1, 0.15) is 0 Å². The predicted octanol–water partition coefficient (Wildman–Crippen LogP) is 2.03. The molecule has 1 saturated carbocycles. The van der Waals surface area contributed by atoms with Gasteiger partial charge in [0.2, 0.25) is 0 Å². The number of hydrogen-bond donors (Lipinski definition) is 2. The van der Waals surface area contributed by atoms with E-state index in [1.807, 2.05) is 0 Å². The molecule has 72 valence electrons. The summed E-state index contributed by atoms with van der Waals surface area (Å²) >= 11 is 5.62. The van der Waals surface area contributed by atoms with Crippen LogP contribution in [0.25, 0.3) is 0 Å². The summed E-state index contributed by atoms with van der Waals surface area (Å²) in [5, 5.41) is 0. The van der Waals surface area contributed by atoms with Crippen molar-refractivity contribution < 1.29 is 0 Å². The molecule has 3 N–H and O–H groups in total. The van der Waals surface area contributed by atoms with Crippen LogP contribution in [0.3, 0.4) is 0 Å². The van der Waals surface area contributed by atoms with Crippen LogP contribution < -0.4 is 11.3 Å². The van der Waals surface area contributed by atoms with Gasteiger partial charge in [-0.15, -0.1) is 11.6 Å². The number of rotatable bonds is 6. The minimum absolute atomic E-state index is 0.494. The van der Waals surface area contributed by atoms with Crippen LogP contribution in [0, 0.1) is 5.92 Å². The molecule has 0 amide bonds. The van der Waals surface area contributed by atoms with E-state index in [2.05, 4.69) is 5.43 Å². The maximum absolute atomic E-state index is 5.62. The van der Waals surface area contributed by atoms with Gasteiger partial charge in [0.25, 0.3) is 0 Å². The van der Waals surface area contributed by atoms with Gasteiger partial charge in [-0.25, -0.2) is 0 Å². The van der Waals surface area contributed by atoms with Crippen molar-refractivity contribution in [2.24, 2.45) is 11.8 Å². The Hall–Kier alpha value is 0.210. The van der Waals surface area contributed by atoms with Crippen molar-refractivity contribution in [1.29, 1.82) is 0 Å². The van der Waals surface area contributed by atoms with E-state index in [-0.39, 0.29) is 0 Å². The van der Waals surface area contributed by atoms with Gasteiger partial charge in [0, 0.05) is 11.9 Å². The van der Waals surface area contributed by atoms with E-state index < -0.39 is 0 Å². The summed E-state index contributed by atoms with van der Waals surface area (Å²) in [5.74, 6) is 7.13. The Morgan fingerprint density at radius 1 is 1.50 bits per heavy atom. The van der Waals surface area contributed by atoms with E-state index in [0.717, 1.165) is 24.6 Å². The Bertz CT molecular complexity index is 115. The minimum atomic E-state index is 0.494. The second-order valence-corrected chi connectivity index (χ2v) is 4.11. The van der Waals surface area contributed by atoms with Crippen LogP contribution in [0.15, 0.2) is 0 Å². The summed E-state index contributed by atoms with van der Waals surface area (Å²) in [7, 11) is 0. The summed E-state index contributed by atoms with van der Waals surface area (Å²) in [4.78, 5) is 0. The van der Waals surface area contributed by atoms with Crippen LogP contribution in [0.2, 0.25) is 0 Å². The van der Waals surface area contributed by atoms with Gasteiger partial charge in [0.05, 0.1) is 0 Å². The fraction of sp³-hybridized carbons (Fsp3) is 1.00. The molecule has 1 atom stereocenters. The van der Waals surface area contributed by atoms with Gasteiger partial charge in [-0.1, -0.05) is 19.3 Å². The van der Waals surface area contributed by atoms with Crippen LogP contribution in [-0.4, -0.2) is 11.9 Å². The number of nitrogens with one attached hydrogen (secondary N) is 1. The molecule has 1 fully saturated rings. The van der Waals surface area contributed by atoms with Gasteiger partial charge in [0.15, 0.2) is 0 Å². The average Bonchev–Trinajstić information content (AvgIpc) is 2.02. The fourth-order valence-corrected chi connectivity index (χ4v) is 1.88. The Morgan fingerprint density at radius 3 is 2.67 bits per heavy atom. The zero-order chi connectivity index (χ0) is 8.81. The maximum Gasteiger partial charge on any atom is 0.0224 e. The van der Waals surface area contributed by atoms with E-state index in [1.165, 1.54) is 25.7 Å². The van der Waals surface area contributed by atoms with E-state index in [9.17, 15) is 0 Å². The fourth-order valence-electron chi connectivity index (χ4n) is 1.72. The monoisotopic (exact) mass is 190 g/mol. The Labute approximate surface area is 79.8 Å². The third-order valence-electron chi connectivity index (χ3n) is 2.76.